The SMILES string of the molecule is O=C(Nc1ccc(-n2ncc3c(=O)[nH]cnc32)cc1)C1CCCc2cccnc21. The van der Waals surface area contributed by atoms with Gasteiger partial charge in [0.05, 0.1) is 29.8 Å². The van der Waals surface area contributed by atoms with Crippen LogP contribution in [-0.4, -0.2) is 30.6 Å². The molecular formula is C21H18N6O2. The second kappa shape index (κ2) is 6.97. The predicted molar refractivity (Wildman–Crippen MR) is 108 cm³/mol. The first-order valence-electron chi connectivity index (χ1n) is 9.47. The number of hydrogen-bond acceptors (Lipinski definition) is 5. The lowest BCUT2D eigenvalue weighted by Crippen LogP contribution is -2.25. The van der Waals surface area contributed by atoms with E-state index in [1.54, 1.807) is 10.9 Å². The number of carbonyl (C=O) groups excluding carboxylic acids is 1. The Morgan fingerprint density at radius 2 is 2.03 bits per heavy atom. The zero-order chi connectivity index (χ0) is 19.8. The molecule has 8 heteroatoms. The molecule has 144 valence electrons. The number of anilines is 1. The molecule has 1 aliphatic carbocycles. The van der Waals surface area contributed by atoms with E-state index in [0.29, 0.717) is 16.7 Å². The van der Waals surface area contributed by atoms with Crippen molar-refractivity contribution >= 4 is 22.6 Å². The molecule has 0 saturated heterocycles. The topological polar surface area (TPSA) is 106 Å². The molecule has 0 saturated carbocycles. The Labute approximate surface area is 165 Å². The van der Waals surface area contributed by atoms with Gasteiger partial charge < -0.3 is 10.3 Å². The molecular weight excluding hydrogens is 368 g/mol. The smallest absolute Gasteiger partial charge is 0.261 e. The summed E-state index contributed by atoms with van der Waals surface area (Å²) in [6.07, 6.45) is 7.34. The van der Waals surface area contributed by atoms with Gasteiger partial charge in [-0.1, -0.05) is 6.07 Å². The summed E-state index contributed by atoms with van der Waals surface area (Å²) in [5, 5.41) is 7.67. The molecule has 1 unspecified atom stereocenters. The summed E-state index contributed by atoms with van der Waals surface area (Å²) in [5.41, 5.74) is 3.74. The number of aromatic amines is 1. The number of hydrogen-bond donors (Lipinski definition) is 2. The fourth-order valence-corrected chi connectivity index (χ4v) is 3.83. The van der Waals surface area contributed by atoms with Crippen LogP contribution < -0.4 is 10.9 Å². The maximum absolute atomic E-state index is 12.8. The van der Waals surface area contributed by atoms with Gasteiger partial charge in [-0.15, -0.1) is 0 Å². The lowest BCUT2D eigenvalue weighted by Gasteiger charge is -2.23. The molecule has 0 spiro atoms. The number of nitrogens with one attached hydrogen (secondary N) is 2. The summed E-state index contributed by atoms with van der Waals surface area (Å²) < 4.78 is 1.59. The van der Waals surface area contributed by atoms with E-state index >= 15 is 0 Å². The quantitative estimate of drug-likeness (QED) is 0.563. The molecule has 0 fully saturated rings. The normalized spacial score (nSPS) is 15.8. The van der Waals surface area contributed by atoms with Gasteiger partial charge in [-0.3, -0.25) is 14.6 Å². The molecule has 1 amide bonds. The van der Waals surface area contributed by atoms with Gasteiger partial charge in [0, 0.05) is 11.9 Å². The minimum absolute atomic E-state index is 0.0462. The fourth-order valence-electron chi connectivity index (χ4n) is 3.83. The number of aryl methyl sites for hydroxylation is 1. The van der Waals surface area contributed by atoms with Gasteiger partial charge in [-0.25, -0.2) is 9.67 Å². The highest BCUT2D eigenvalue weighted by Gasteiger charge is 2.27. The Morgan fingerprint density at radius 1 is 1.17 bits per heavy atom. The third-order valence-electron chi connectivity index (χ3n) is 5.26. The molecule has 3 heterocycles. The highest BCUT2D eigenvalue weighted by Crippen LogP contribution is 2.31. The van der Waals surface area contributed by atoms with Crippen molar-refractivity contribution in [1.29, 1.82) is 0 Å². The molecule has 1 atom stereocenters. The zero-order valence-corrected chi connectivity index (χ0v) is 15.5. The summed E-state index contributed by atoms with van der Waals surface area (Å²) in [6, 6.07) is 11.3. The Bertz CT molecular complexity index is 1260. The molecule has 0 radical (unpaired) electrons. The van der Waals surface area contributed by atoms with Crippen LogP contribution in [0.15, 0.2) is 59.9 Å². The van der Waals surface area contributed by atoms with Crippen LogP contribution in [0.25, 0.3) is 16.7 Å². The van der Waals surface area contributed by atoms with Gasteiger partial charge in [-0.05, 0) is 55.2 Å². The predicted octanol–water partition coefficient (Wildman–Crippen LogP) is 2.56. The van der Waals surface area contributed by atoms with Crippen LogP contribution in [0, 0.1) is 0 Å². The fraction of sp³-hybridized carbons (Fsp3) is 0.190. The molecule has 8 nitrogen and oxygen atoms in total. The molecule has 4 aromatic rings. The van der Waals surface area contributed by atoms with Gasteiger partial charge in [0.1, 0.15) is 5.39 Å². The van der Waals surface area contributed by atoms with Crippen molar-refractivity contribution in [3.05, 3.63) is 76.7 Å². The Morgan fingerprint density at radius 3 is 2.90 bits per heavy atom. The van der Waals surface area contributed by atoms with Crippen molar-refractivity contribution in [2.45, 2.75) is 25.2 Å². The maximum Gasteiger partial charge on any atom is 0.261 e. The van der Waals surface area contributed by atoms with Crippen LogP contribution in [0.4, 0.5) is 5.69 Å². The number of carbonyl (C=O) groups is 1. The average Bonchev–Trinajstić information content (AvgIpc) is 3.19. The highest BCUT2D eigenvalue weighted by molar-refractivity contribution is 5.96. The highest BCUT2D eigenvalue weighted by atomic mass is 16.2. The molecule has 29 heavy (non-hydrogen) atoms. The van der Waals surface area contributed by atoms with Crippen LogP contribution >= 0.6 is 0 Å². The number of aromatic nitrogens is 5. The van der Waals surface area contributed by atoms with E-state index in [2.05, 4.69) is 25.4 Å². The van der Waals surface area contributed by atoms with E-state index < -0.39 is 0 Å². The van der Waals surface area contributed by atoms with Crippen molar-refractivity contribution < 1.29 is 4.79 Å². The molecule has 1 aromatic carbocycles. The summed E-state index contributed by atoms with van der Waals surface area (Å²) in [6.45, 7) is 0. The van der Waals surface area contributed by atoms with Crippen molar-refractivity contribution in [3.8, 4) is 5.69 Å². The number of pyridine rings is 1. The minimum atomic E-state index is -0.231. The first kappa shape index (κ1) is 17.3. The molecule has 0 bridgehead atoms. The van der Waals surface area contributed by atoms with Crippen molar-refractivity contribution in [1.82, 2.24) is 24.7 Å². The number of fused-ring (bicyclic) bond motifs is 2. The standard InChI is InChI=1S/C21H18N6O2/c28-20-17-11-25-27(19(17)23-12-24-20)15-8-6-14(7-9-15)26-21(29)16-5-1-3-13-4-2-10-22-18(13)16/h2,4,6-12,16H,1,3,5H2,(H,26,29)(H,23,24,28). The maximum atomic E-state index is 12.8. The summed E-state index contributed by atoms with van der Waals surface area (Å²) >= 11 is 0. The molecule has 2 N–H and O–H groups in total. The van der Waals surface area contributed by atoms with Crippen LogP contribution in [0.2, 0.25) is 0 Å². The molecule has 3 aromatic heterocycles. The van der Waals surface area contributed by atoms with Crippen LogP contribution in [0.1, 0.15) is 30.0 Å². The summed E-state index contributed by atoms with van der Waals surface area (Å²) in [7, 11) is 0. The number of amides is 1. The molecule has 1 aliphatic rings. The van der Waals surface area contributed by atoms with E-state index in [0.717, 1.165) is 36.2 Å². The van der Waals surface area contributed by atoms with E-state index in [1.807, 2.05) is 36.4 Å². The first-order chi connectivity index (χ1) is 14.2. The lowest BCUT2D eigenvalue weighted by molar-refractivity contribution is -0.118. The molecule has 5 rings (SSSR count). The van der Waals surface area contributed by atoms with E-state index in [-0.39, 0.29) is 17.4 Å². The molecule has 0 aliphatic heterocycles. The lowest BCUT2D eigenvalue weighted by atomic mass is 9.86. The van der Waals surface area contributed by atoms with Gasteiger partial charge in [0.25, 0.3) is 5.56 Å². The van der Waals surface area contributed by atoms with E-state index in [9.17, 15) is 9.59 Å². The Kier molecular flexibility index (Phi) is 4.16. The number of rotatable bonds is 3. The number of H-pyrrole nitrogens is 1. The van der Waals surface area contributed by atoms with Crippen LogP contribution in [0.5, 0.6) is 0 Å². The second-order valence-electron chi connectivity index (χ2n) is 7.05. The van der Waals surface area contributed by atoms with Gasteiger partial charge in [0.15, 0.2) is 5.65 Å². The Balaban J connectivity index is 1.38. The van der Waals surface area contributed by atoms with Gasteiger partial charge >= 0.3 is 0 Å². The largest absolute Gasteiger partial charge is 0.326 e. The Hall–Kier alpha value is -3.81. The van der Waals surface area contributed by atoms with E-state index in [4.69, 9.17) is 0 Å². The summed E-state index contributed by atoms with van der Waals surface area (Å²) in [4.78, 5) is 35.8. The van der Waals surface area contributed by atoms with E-state index in [1.165, 1.54) is 12.5 Å². The van der Waals surface area contributed by atoms with Crippen LogP contribution in [-0.2, 0) is 11.2 Å². The van der Waals surface area contributed by atoms with Crippen molar-refractivity contribution in [2.24, 2.45) is 0 Å². The monoisotopic (exact) mass is 386 g/mol. The summed E-state index contributed by atoms with van der Waals surface area (Å²) in [5.74, 6) is -0.277. The van der Waals surface area contributed by atoms with Gasteiger partial charge in [-0.2, -0.15) is 5.10 Å². The first-order valence-corrected chi connectivity index (χ1v) is 9.47. The average molecular weight is 386 g/mol. The number of benzene rings is 1. The van der Waals surface area contributed by atoms with Crippen molar-refractivity contribution in [2.75, 3.05) is 5.32 Å². The third-order valence-corrected chi connectivity index (χ3v) is 5.26. The third kappa shape index (κ3) is 3.08. The minimum Gasteiger partial charge on any atom is -0.326 e. The van der Waals surface area contributed by atoms with Crippen LogP contribution in [0.3, 0.4) is 0 Å². The second-order valence-corrected chi connectivity index (χ2v) is 7.05. The number of nitrogens with zero attached hydrogens (tertiary/aromatic N) is 4. The van der Waals surface area contributed by atoms with Gasteiger partial charge in [0.2, 0.25) is 5.91 Å². The zero-order valence-electron chi connectivity index (χ0n) is 15.5. The van der Waals surface area contributed by atoms with Crippen molar-refractivity contribution in [3.63, 3.8) is 0 Å².